The van der Waals surface area contributed by atoms with Crippen LogP contribution in [0.25, 0.3) is 60.7 Å². The SMILES string of the molecule is C=N/C(=C\C(=N)c1ccc(-n2c3ccc(NC4C5=CC=CC4C(=C)C=CC5C)cc3c3cc(-n4c5ccccc5c5ccccc54)ccc32)cc1)c1ccccc1. The van der Waals surface area contributed by atoms with Crippen LogP contribution in [-0.4, -0.2) is 27.6 Å². The molecule has 3 atom stereocenters. The normalized spacial score (nSPS) is 18.0. The van der Waals surface area contributed by atoms with E-state index in [1.807, 2.05) is 42.5 Å². The monoisotopic (exact) mass is 735 g/mol. The van der Waals surface area contributed by atoms with Gasteiger partial charge in [-0.1, -0.05) is 123 Å². The predicted molar refractivity (Wildman–Crippen MR) is 241 cm³/mol. The van der Waals surface area contributed by atoms with Crippen molar-refractivity contribution < 1.29 is 0 Å². The topological polar surface area (TPSA) is 58.1 Å². The fourth-order valence-electron chi connectivity index (χ4n) is 8.88. The first-order valence-corrected chi connectivity index (χ1v) is 19.5. The van der Waals surface area contributed by atoms with Crippen molar-refractivity contribution in [3.63, 3.8) is 0 Å². The van der Waals surface area contributed by atoms with Gasteiger partial charge in [0.2, 0.25) is 0 Å². The van der Waals surface area contributed by atoms with Gasteiger partial charge in [-0.2, -0.15) is 0 Å². The van der Waals surface area contributed by atoms with Crippen LogP contribution in [0.4, 0.5) is 5.69 Å². The molecular formula is C52H41N5. The molecule has 3 unspecified atom stereocenters. The van der Waals surface area contributed by atoms with E-state index in [0.717, 1.165) is 55.6 Å². The summed E-state index contributed by atoms with van der Waals surface area (Å²) in [5.41, 5.74) is 13.1. The Kier molecular flexibility index (Phi) is 8.30. The van der Waals surface area contributed by atoms with Crippen molar-refractivity contribution in [3.05, 3.63) is 205 Å². The average molecular weight is 736 g/mol. The molecule has 2 aliphatic rings. The average Bonchev–Trinajstić information content (AvgIpc) is 3.75. The van der Waals surface area contributed by atoms with Crippen LogP contribution in [0.15, 0.2) is 199 Å². The molecule has 8 aromatic rings. The molecule has 2 bridgehead atoms. The van der Waals surface area contributed by atoms with E-state index in [0.29, 0.717) is 17.3 Å². The van der Waals surface area contributed by atoms with Gasteiger partial charge in [-0.05, 0) is 96.1 Å². The van der Waals surface area contributed by atoms with Crippen molar-refractivity contribution in [3.8, 4) is 11.4 Å². The third-order valence-corrected chi connectivity index (χ3v) is 11.7. The molecule has 0 fully saturated rings. The smallest absolute Gasteiger partial charge is 0.0716 e. The minimum Gasteiger partial charge on any atom is -0.378 e. The number of benzene rings is 6. The van der Waals surface area contributed by atoms with Gasteiger partial charge in [-0.15, -0.1) is 0 Å². The summed E-state index contributed by atoms with van der Waals surface area (Å²) in [7, 11) is 0. The number of anilines is 1. The molecule has 2 aromatic heterocycles. The number of nitrogens with zero attached hydrogens (tertiary/aromatic N) is 3. The third kappa shape index (κ3) is 5.78. The highest BCUT2D eigenvalue weighted by Crippen LogP contribution is 2.40. The number of fused-ring (bicyclic) bond motifs is 8. The molecular weight excluding hydrogens is 695 g/mol. The van der Waals surface area contributed by atoms with E-state index in [1.54, 1.807) is 6.08 Å². The van der Waals surface area contributed by atoms with Crippen LogP contribution >= 0.6 is 0 Å². The molecule has 0 saturated heterocycles. The molecule has 0 saturated carbocycles. The minimum atomic E-state index is 0.113. The maximum Gasteiger partial charge on any atom is 0.0716 e. The van der Waals surface area contributed by atoms with Gasteiger partial charge in [0.05, 0.1) is 39.5 Å². The second kappa shape index (κ2) is 13.8. The van der Waals surface area contributed by atoms with E-state index >= 15 is 0 Å². The molecule has 57 heavy (non-hydrogen) atoms. The summed E-state index contributed by atoms with van der Waals surface area (Å²) in [6.45, 7) is 10.5. The van der Waals surface area contributed by atoms with Crippen LogP contribution < -0.4 is 5.32 Å². The maximum atomic E-state index is 8.94. The van der Waals surface area contributed by atoms with E-state index < -0.39 is 0 Å². The van der Waals surface area contributed by atoms with E-state index in [9.17, 15) is 0 Å². The molecule has 0 amide bonds. The van der Waals surface area contributed by atoms with E-state index in [4.69, 9.17) is 5.41 Å². The zero-order chi connectivity index (χ0) is 38.6. The first-order chi connectivity index (χ1) is 28.0. The van der Waals surface area contributed by atoms with E-state index in [-0.39, 0.29) is 12.0 Å². The Morgan fingerprint density at radius 3 is 2.00 bits per heavy atom. The minimum absolute atomic E-state index is 0.113. The standard InChI is InChI=1S/C52H41N5/c1-33-20-21-34(2)41-17-11-16-40(33)52(41)55-37-24-28-50-44(30-37)45-31-39(57-48-18-9-7-14-42(48)43-15-8-10-19-49(43)57)27-29-51(45)56(50)38-25-22-35(23-26-38)46(53)32-47(54-3)36-12-5-4-6-13-36/h4-32,34,40,52-53,55H,1,3H2,2H3/b47-32-,53-46?. The van der Waals surface area contributed by atoms with Gasteiger partial charge in [-0.3, -0.25) is 4.99 Å². The number of nitrogens with one attached hydrogen (secondary N) is 2. The summed E-state index contributed by atoms with van der Waals surface area (Å²) in [5, 5.41) is 17.7. The molecule has 2 aliphatic carbocycles. The molecule has 6 aromatic carbocycles. The van der Waals surface area contributed by atoms with Gasteiger partial charge in [0.15, 0.2) is 0 Å². The van der Waals surface area contributed by atoms with Crippen molar-refractivity contribution in [2.45, 2.75) is 13.0 Å². The van der Waals surface area contributed by atoms with Gasteiger partial charge in [0, 0.05) is 50.1 Å². The van der Waals surface area contributed by atoms with Crippen molar-refractivity contribution in [2.24, 2.45) is 16.8 Å². The summed E-state index contributed by atoms with van der Waals surface area (Å²) in [6.07, 6.45) is 13.0. The largest absolute Gasteiger partial charge is 0.378 e. The lowest BCUT2D eigenvalue weighted by Crippen LogP contribution is -2.33. The Hall–Kier alpha value is -7.24. The Labute approximate surface area is 332 Å². The maximum absolute atomic E-state index is 8.94. The van der Waals surface area contributed by atoms with Gasteiger partial charge in [-0.25, -0.2) is 0 Å². The lowest BCUT2D eigenvalue weighted by molar-refractivity contribution is 0.629. The number of aromatic nitrogens is 2. The van der Waals surface area contributed by atoms with Crippen LogP contribution in [0.1, 0.15) is 18.1 Å². The summed E-state index contributed by atoms with van der Waals surface area (Å²) >= 11 is 0. The Bertz CT molecular complexity index is 3000. The zero-order valence-electron chi connectivity index (χ0n) is 31.7. The van der Waals surface area contributed by atoms with Crippen molar-refractivity contribution in [1.29, 1.82) is 5.41 Å². The van der Waals surface area contributed by atoms with Crippen LogP contribution in [0.3, 0.4) is 0 Å². The Morgan fingerprint density at radius 1 is 0.667 bits per heavy atom. The fraction of sp³-hybridized carbons (Fsp3) is 0.0769. The van der Waals surface area contributed by atoms with Crippen LogP contribution in [-0.2, 0) is 0 Å². The molecule has 2 N–H and O–H groups in total. The molecule has 274 valence electrons. The third-order valence-electron chi connectivity index (χ3n) is 11.7. The Morgan fingerprint density at radius 2 is 1.28 bits per heavy atom. The van der Waals surface area contributed by atoms with Gasteiger partial charge in [0.1, 0.15) is 0 Å². The summed E-state index contributed by atoms with van der Waals surface area (Å²) in [4.78, 5) is 4.23. The summed E-state index contributed by atoms with van der Waals surface area (Å²) in [5.74, 6) is 0.495. The number of aliphatic imine (C=N–C) groups is 1. The lowest BCUT2D eigenvalue weighted by atomic mass is 9.82. The van der Waals surface area contributed by atoms with Crippen molar-refractivity contribution >= 4 is 67.4 Å². The highest BCUT2D eigenvalue weighted by Gasteiger charge is 2.31. The Balaban J connectivity index is 1.11. The molecule has 2 heterocycles. The predicted octanol–water partition coefficient (Wildman–Crippen LogP) is 12.6. The number of hydrogen-bond donors (Lipinski definition) is 2. The molecule has 5 heteroatoms. The highest BCUT2D eigenvalue weighted by atomic mass is 15.0. The summed E-state index contributed by atoms with van der Waals surface area (Å²) in [6, 6.07) is 49.2. The zero-order valence-corrected chi connectivity index (χ0v) is 31.7. The van der Waals surface area contributed by atoms with E-state index in [2.05, 4.69) is 167 Å². The first kappa shape index (κ1) is 34.3. The molecule has 0 aliphatic heterocycles. The van der Waals surface area contributed by atoms with Crippen LogP contribution in [0, 0.1) is 17.2 Å². The van der Waals surface area contributed by atoms with Crippen molar-refractivity contribution in [1.82, 2.24) is 9.13 Å². The van der Waals surface area contributed by atoms with E-state index in [1.165, 1.54) is 27.4 Å². The molecule has 0 spiro atoms. The lowest BCUT2D eigenvalue weighted by Gasteiger charge is -2.32. The number of allylic oxidation sites excluding steroid dienone is 5. The molecule has 5 nitrogen and oxygen atoms in total. The van der Waals surface area contributed by atoms with Gasteiger partial charge in [0.25, 0.3) is 0 Å². The van der Waals surface area contributed by atoms with Gasteiger partial charge >= 0.3 is 0 Å². The number of rotatable bonds is 8. The molecule has 10 rings (SSSR count). The highest BCUT2D eigenvalue weighted by molar-refractivity contribution is 6.13. The van der Waals surface area contributed by atoms with Gasteiger partial charge < -0.3 is 19.9 Å². The number of para-hydroxylation sites is 2. The first-order valence-electron chi connectivity index (χ1n) is 19.5. The second-order valence-corrected chi connectivity index (χ2v) is 15.1. The quantitative estimate of drug-likeness (QED) is 0.150. The summed E-state index contributed by atoms with van der Waals surface area (Å²) < 4.78 is 4.73. The second-order valence-electron chi connectivity index (χ2n) is 15.1. The van der Waals surface area contributed by atoms with Crippen LogP contribution in [0.5, 0.6) is 0 Å². The molecule has 0 radical (unpaired) electrons. The fourth-order valence-corrected chi connectivity index (χ4v) is 8.88. The van der Waals surface area contributed by atoms with Crippen LogP contribution in [0.2, 0.25) is 0 Å². The van der Waals surface area contributed by atoms with Crippen molar-refractivity contribution in [2.75, 3.05) is 5.32 Å². The number of hydrogen-bond acceptors (Lipinski definition) is 3.